The maximum absolute atomic E-state index is 11.7. The van der Waals surface area contributed by atoms with Gasteiger partial charge in [-0.25, -0.2) is 0 Å². The minimum absolute atomic E-state index is 0.0330. The number of ether oxygens (including phenoxy) is 1. The van der Waals surface area contributed by atoms with E-state index in [9.17, 15) is 4.79 Å². The van der Waals surface area contributed by atoms with Gasteiger partial charge in [0.2, 0.25) is 0 Å². The third-order valence-electron chi connectivity index (χ3n) is 2.89. The Morgan fingerprint density at radius 2 is 2.28 bits per heavy atom. The maximum Gasteiger partial charge on any atom is 0.158 e. The molecule has 1 aromatic rings. The fraction of sp³-hybridized carbons (Fsp3) is 0.333. The second-order valence-corrected chi connectivity index (χ2v) is 4.11. The maximum atomic E-state index is 11.7. The second-order valence-electron chi connectivity index (χ2n) is 4.11. The van der Waals surface area contributed by atoms with Crippen LogP contribution >= 0.6 is 0 Å². The molecule has 1 aromatic carbocycles. The van der Waals surface area contributed by atoms with Gasteiger partial charge in [0.05, 0.1) is 18.7 Å². The second kappa shape index (κ2) is 6.61. The quantitative estimate of drug-likeness (QED) is 0.746. The zero-order valence-electron chi connectivity index (χ0n) is 10.9. The number of nitriles is 1. The molecule has 0 aromatic heterocycles. The first-order chi connectivity index (χ1) is 8.62. The summed E-state index contributed by atoms with van der Waals surface area (Å²) in [7, 11) is 1.55. The molecule has 0 amide bonds. The number of carbonyl (C=O) groups excluding carboxylic acids is 1. The van der Waals surface area contributed by atoms with Gasteiger partial charge in [-0.2, -0.15) is 5.26 Å². The Morgan fingerprint density at radius 1 is 1.56 bits per heavy atom. The molecule has 0 spiro atoms. The summed E-state index contributed by atoms with van der Waals surface area (Å²) in [6.45, 7) is 3.89. The van der Waals surface area contributed by atoms with E-state index >= 15 is 0 Å². The molecule has 0 radical (unpaired) electrons. The van der Waals surface area contributed by atoms with Gasteiger partial charge in [0.15, 0.2) is 5.78 Å². The monoisotopic (exact) mass is 243 g/mol. The number of rotatable bonds is 5. The summed E-state index contributed by atoms with van der Waals surface area (Å²) in [6, 6.07) is 7.19. The number of hydrogen-bond donors (Lipinski definition) is 0. The van der Waals surface area contributed by atoms with Gasteiger partial charge in [-0.3, -0.25) is 4.79 Å². The van der Waals surface area contributed by atoms with Crippen molar-refractivity contribution in [2.75, 3.05) is 7.11 Å². The van der Waals surface area contributed by atoms with Gasteiger partial charge in [-0.1, -0.05) is 13.8 Å². The molecular formula is C15H17NO2. The number of hydrogen-bond acceptors (Lipinski definition) is 3. The standard InChI is InChI=1S/C15H17NO2/c1-4-11(2)14(17)8-7-13-6-5-12(10-16)9-15(13)18-3/h5-9,11H,4H2,1-3H3/b8-7+. The van der Waals surface area contributed by atoms with Crippen LogP contribution in [0.15, 0.2) is 24.3 Å². The SMILES string of the molecule is CCC(C)C(=O)/C=C/c1ccc(C#N)cc1OC. The summed E-state index contributed by atoms with van der Waals surface area (Å²) in [5.74, 6) is 0.733. The number of carbonyl (C=O) groups is 1. The zero-order valence-corrected chi connectivity index (χ0v) is 10.9. The molecule has 1 atom stereocenters. The Balaban J connectivity index is 2.94. The van der Waals surface area contributed by atoms with Crippen LogP contribution in [0, 0.1) is 17.2 Å². The number of benzene rings is 1. The van der Waals surface area contributed by atoms with Gasteiger partial charge in [-0.05, 0) is 36.8 Å². The van der Waals surface area contributed by atoms with Crippen LogP contribution in [-0.4, -0.2) is 12.9 Å². The third kappa shape index (κ3) is 3.46. The molecule has 0 aliphatic carbocycles. The summed E-state index contributed by atoms with van der Waals surface area (Å²) >= 11 is 0. The molecule has 0 heterocycles. The van der Waals surface area contributed by atoms with Gasteiger partial charge < -0.3 is 4.74 Å². The van der Waals surface area contributed by atoms with Crippen LogP contribution in [0.4, 0.5) is 0 Å². The van der Waals surface area contributed by atoms with Crippen LogP contribution in [0.1, 0.15) is 31.4 Å². The highest BCUT2D eigenvalue weighted by atomic mass is 16.5. The fourth-order valence-electron chi connectivity index (χ4n) is 1.46. The lowest BCUT2D eigenvalue weighted by atomic mass is 10.0. The molecule has 3 heteroatoms. The lowest BCUT2D eigenvalue weighted by molar-refractivity contribution is -0.117. The summed E-state index contributed by atoms with van der Waals surface area (Å²) in [4.78, 5) is 11.7. The third-order valence-corrected chi connectivity index (χ3v) is 2.89. The molecule has 0 bridgehead atoms. The molecule has 94 valence electrons. The molecule has 1 unspecified atom stereocenters. The van der Waals surface area contributed by atoms with Gasteiger partial charge >= 0.3 is 0 Å². The van der Waals surface area contributed by atoms with E-state index in [1.807, 2.05) is 13.8 Å². The molecule has 1 rings (SSSR count). The molecule has 0 N–H and O–H groups in total. The molecule has 3 nitrogen and oxygen atoms in total. The van der Waals surface area contributed by atoms with E-state index < -0.39 is 0 Å². The number of ketones is 1. The minimum Gasteiger partial charge on any atom is -0.496 e. The summed E-state index contributed by atoms with van der Waals surface area (Å²) < 4.78 is 5.19. The number of methoxy groups -OCH3 is 1. The Hall–Kier alpha value is -2.08. The fourth-order valence-corrected chi connectivity index (χ4v) is 1.46. The first kappa shape index (κ1) is 14.0. The van der Waals surface area contributed by atoms with Crippen LogP contribution in [0.2, 0.25) is 0 Å². The van der Waals surface area contributed by atoms with E-state index in [0.717, 1.165) is 12.0 Å². The number of nitrogens with zero attached hydrogens (tertiary/aromatic N) is 1. The predicted molar refractivity (Wildman–Crippen MR) is 71.2 cm³/mol. The largest absolute Gasteiger partial charge is 0.496 e. The van der Waals surface area contributed by atoms with Crippen LogP contribution < -0.4 is 4.74 Å². The molecule has 0 fully saturated rings. The summed E-state index contributed by atoms with van der Waals surface area (Å²) in [6.07, 6.45) is 4.13. The average Bonchev–Trinajstić information content (AvgIpc) is 2.43. The van der Waals surface area contributed by atoms with Crippen molar-refractivity contribution in [2.45, 2.75) is 20.3 Å². The molecule has 0 aliphatic rings. The Labute approximate surface area is 108 Å². The normalized spacial score (nSPS) is 12.1. The van der Waals surface area contributed by atoms with E-state index in [1.165, 1.54) is 0 Å². The first-order valence-electron chi connectivity index (χ1n) is 5.92. The van der Waals surface area contributed by atoms with Crippen molar-refractivity contribution in [3.8, 4) is 11.8 Å². The van der Waals surface area contributed by atoms with E-state index in [1.54, 1.807) is 37.5 Å². The lowest BCUT2D eigenvalue weighted by Gasteiger charge is -2.05. The lowest BCUT2D eigenvalue weighted by Crippen LogP contribution is -2.05. The van der Waals surface area contributed by atoms with E-state index in [-0.39, 0.29) is 11.7 Å². The van der Waals surface area contributed by atoms with Crippen molar-refractivity contribution in [3.05, 3.63) is 35.4 Å². The minimum atomic E-state index is 0.0330. The highest BCUT2D eigenvalue weighted by Gasteiger charge is 2.07. The Bertz CT molecular complexity index is 498. The predicted octanol–water partition coefficient (Wildman–Crippen LogP) is 3.20. The average molecular weight is 243 g/mol. The molecule has 0 saturated carbocycles. The van der Waals surface area contributed by atoms with Crippen molar-refractivity contribution < 1.29 is 9.53 Å². The van der Waals surface area contributed by atoms with Crippen molar-refractivity contribution in [1.82, 2.24) is 0 Å². The first-order valence-corrected chi connectivity index (χ1v) is 5.92. The van der Waals surface area contributed by atoms with Crippen molar-refractivity contribution in [2.24, 2.45) is 5.92 Å². The van der Waals surface area contributed by atoms with Crippen molar-refractivity contribution >= 4 is 11.9 Å². The van der Waals surface area contributed by atoms with Gasteiger partial charge in [0.1, 0.15) is 5.75 Å². The van der Waals surface area contributed by atoms with Crippen molar-refractivity contribution in [3.63, 3.8) is 0 Å². The van der Waals surface area contributed by atoms with Crippen LogP contribution in [0.3, 0.4) is 0 Å². The zero-order chi connectivity index (χ0) is 13.5. The topological polar surface area (TPSA) is 50.1 Å². The van der Waals surface area contributed by atoms with E-state index in [4.69, 9.17) is 10.00 Å². The van der Waals surface area contributed by atoms with Crippen LogP contribution in [-0.2, 0) is 4.79 Å². The molecule has 0 saturated heterocycles. The highest BCUT2D eigenvalue weighted by Crippen LogP contribution is 2.21. The van der Waals surface area contributed by atoms with Crippen molar-refractivity contribution in [1.29, 1.82) is 5.26 Å². The molecular weight excluding hydrogens is 226 g/mol. The van der Waals surface area contributed by atoms with Gasteiger partial charge in [0, 0.05) is 11.5 Å². The number of allylic oxidation sites excluding steroid dienone is 1. The smallest absolute Gasteiger partial charge is 0.158 e. The molecule has 18 heavy (non-hydrogen) atoms. The highest BCUT2D eigenvalue weighted by molar-refractivity contribution is 5.95. The van der Waals surface area contributed by atoms with Gasteiger partial charge in [-0.15, -0.1) is 0 Å². The van der Waals surface area contributed by atoms with Crippen LogP contribution in [0.5, 0.6) is 5.75 Å². The van der Waals surface area contributed by atoms with Crippen LogP contribution in [0.25, 0.3) is 6.08 Å². The van der Waals surface area contributed by atoms with Gasteiger partial charge in [0.25, 0.3) is 0 Å². The summed E-state index contributed by atoms with van der Waals surface area (Å²) in [5.41, 5.74) is 1.34. The van der Waals surface area contributed by atoms with E-state index in [0.29, 0.717) is 11.3 Å². The Kier molecular flexibility index (Phi) is 5.13. The summed E-state index contributed by atoms with van der Waals surface area (Å²) in [5, 5.41) is 8.79. The van der Waals surface area contributed by atoms with E-state index in [2.05, 4.69) is 6.07 Å². The Morgan fingerprint density at radius 3 is 2.83 bits per heavy atom. The molecule has 0 aliphatic heterocycles.